The Morgan fingerprint density at radius 3 is 2.80 bits per heavy atom. The Kier molecular flexibility index (Phi) is 5.81. The van der Waals surface area contributed by atoms with Crippen molar-refractivity contribution in [3.63, 3.8) is 0 Å². The molecule has 108 valence electrons. The van der Waals surface area contributed by atoms with Gasteiger partial charge in [0.05, 0.1) is 12.1 Å². The largest absolute Gasteiger partial charge is 0.377 e. The lowest BCUT2D eigenvalue weighted by atomic mass is 10.1. The molecule has 0 atom stereocenters. The van der Waals surface area contributed by atoms with Crippen molar-refractivity contribution in [2.75, 3.05) is 18.5 Å². The predicted octanol–water partition coefficient (Wildman–Crippen LogP) is 4.37. The maximum absolute atomic E-state index is 5.75. The normalized spacial score (nSPS) is 10.9. The number of hydrogen-bond acceptors (Lipinski definition) is 3. The number of hydrogen-bond donors (Lipinski definition) is 1. The van der Waals surface area contributed by atoms with Gasteiger partial charge >= 0.3 is 0 Å². The van der Waals surface area contributed by atoms with Crippen LogP contribution in [0.3, 0.4) is 0 Å². The Balaban J connectivity index is 2.18. The number of fused-ring (bicyclic) bond motifs is 1. The molecule has 3 heteroatoms. The summed E-state index contributed by atoms with van der Waals surface area (Å²) in [7, 11) is 0. The summed E-state index contributed by atoms with van der Waals surface area (Å²) in [5.41, 5.74) is 2.18. The number of nitrogens with zero attached hydrogens (tertiary/aromatic N) is 1. The zero-order valence-corrected chi connectivity index (χ0v) is 12.5. The van der Waals surface area contributed by atoms with E-state index in [1.165, 1.54) is 5.39 Å². The van der Waals surface area contributed by atoms with Crippen LogP contribution in [-0.2, 0) is 11.3 Å². The van der Waals surface area contributed by atoms with E-state index in [2.05, 4.69) is 31.3 Å². The molecule has 0 aliphatic carbocycles. The van der Waals surface area contributed by atoms with Crippen LogP contribution >= 0.6 is 0 Å². The van der Waals surface area contributed by atoms with Crippen molar-refractivity contribution in [3.05, 3.63) is 35.9 Å². The summed E-state index contributed by atoms with van der Waals surface area (Å²) in [6.07, 6.45) is 3.36. The summed E-state index contributed by atoms with van der Waals surface area (Å²) in [5, 5.41) is 4.57. The average molecular weight is 272 g/mol. The first-order valence-corrected chi connectivity index (χ1v) is 7.55. The first kappa shape index (κ1) is 14.8. The zero-order chi connectivity index (χ0) is 14.2. The van der Waals surface area contributed by atoms with Gasteiger partial charge in [-0.1, -0.05) is 38.5 Å². The molecule has 1 N–H and O–H groups in total. The SMILES string of the molecule is CCCCOCc1cc2ccccc2nc1NCCC. The van der Waals surface area contributed by atoms with Crippen LogP contribution in [0.4, 0.5) is 5.82 Å². The minimum absolute atomic E-state index is 0.629. The molecule has 3 nitrogen and oxygen atoms in total. The van der Waals surface area contributed by atoms with Gasteiger partial charge < -0.3 is 10.1 Å². The van der Waals surface area contributed by atoms with Crippen molar-refractivity contribution < 1.29 is 4.74 Å². The lowest BCUT2D eigenvalue weighted by Gasteiger charge is -2.12. The minimum Gasteiger partial charge on any atom is -0.377 e. The highest BCUT2D eigenvalue weighted by Crippen LogP contribution is 2.21. The molecule has 20 heavy (non-hydrogen) atoms. The Morgan fingerprint density at radius 2 is 2.00 bits per heavy atom. The van der Waals surface area contributed by atoms with E-state index in [0.29, 0.717) is 6.61 Å². The second kappa shape index (κ2) is 7.85. The number of rotatable bonds is 8. The summed E-state index contributed by atoms with van der Waals surface area (Å²) in [4.78, 5) is 4.72. The summed E-state index contributed by atoms with van der Waals surface area (Å²) in [5.74, 6) is 0.960. The van der Waals surface area contributed by atoms with Gasteiger partial charge in [0.2, 0.25) is 0 Å². The molecule has 2 aromatic rings. The number of aromatic nitrogens is 1. The number of para-hydroxylation sites is 1. The average Bonchev–Trinajstić information content (AvgIpc) is 2.49. The van der Waals surface area contributed by atoms with Gasteiger partial charge in [-0.05, 0) is 25.0 Å². The second-order valence-electron chi connectivity index (χ2n) is 5.02. The predicted molar refractivity (Wildman–Crippen MR) is 85.1 cm³/mol. The van der Waals surface area contributed by atoms with E-state index in [1.54, 1.807) is 0 Å². The maximum atomic E-state index is 5.75. The van der Waals surface area contributed by atoms with E-state index in [1.807, 2.05) is 18.2 Å². The molecular formula is C17H24N2O. The van der Waals surface area contributed by atoms with E-state index >= 15 is 0 Å². The number of ether oxygens (including phenoxy) is 1. The molecule has 1 aromatic heterocycles. The molecule has 0 radical (unpaired) electrons. The van der Waals surface area contributed by atoms with Crippen LogP contribution in [0.15, 0.2) is 30.3 Å². The number of unbranched alkanes of at least 4 members (excludes halogenated alkanes) is 1. The quantitative estimate of drug-likeness (QED) is 0.724. The van der Waals surface area contributed by atoms with Crippen molar-refractivity contribution in [1.29, 1.82) is 0 Å². The Morgan fingerprint density at radius 1 is 1.15 bits per heavy atom. The summed E-state index contributed by atoms with van der Waals surface area (Å²) in [6, 6.07) is 10.4. The highest BCUT2D eigenvalue weighted by Gasteiger charge is 2.06. The third kappa shape index (κ3) is 3.94. The summed E-state index contributed by atoms with van der Waals surface area (Å²) < 4.78 is 5.75. The van der Waals surface area contributed by atoms with Gasteiger partial charge in [0.15, 0.2) is 0 Å². The van der Waals surface area contributed by atoms with E-state index in [0.717, 1.165) is 49.3 Å². The number of pyridine rings is 1. The van der Waals surface area contributed by atoms with Crippen LogP contribution < -0.4 is 5.32 Å². The number of nitrogens with one attached hydrogen (secondary N) is 1. The van der Waals surface area contributed by atoms with E-state index in [-0.39, 0.29) is 0 Å². The monoisotopic (exact) mass is 272 g/mol. The Hall–Kier alpha value is -1.61. The Bertz CT molecular complexity index is 540. The van der Waals surface area contributed by atoms with Crippen molar-refractivity contribution in [2.45, 2.75) is 39.7 Å². The molecule has 0 aliphatic heterocycles. The van der Waals surface area contributed by atoms with Gasteiger partial charge in [-0.3, -0.25) is 0 Å². The van der Waals surface area contributed by atoms with Crippen LogP contribution in [0.1, 0.15) is 38.7 Å². The second-order valence-corrected chi connectivity index (χ2v) is 5.02. The highest BCUT2D eigenvalue weighted by molar-refractivity contribution is 5.81. The molecule has 1 aromatic carbocycles. The van der Waals surface area contributed by atoms with Crippen LogP contribution in [-0.4, -0.2) is 18.1 Å². The van der Waals surface area contributed by atoms with E-state index in [9.17, 15) is 0 Å². The van der Waals surface area contributed by atoms with E-state index in [4.69, 9.17) is 9.72 Å². The fourth-order valence-electron chi connectivity index (χ4n) is 2.09. The number of anilines is 1. The fourth-order valence-corrected chi connectivity index (χ4v) is 2.09. The number of benzene rings is 1. The third-order valence-corrected chi connectivity index (χ3v) is 3.25. The molecule has 0 saturated heterocycles. The molecule has 0 bridgehead atoms. The highest BCUT2D eigenvalue weighted by atomic mass is 16.5. The van der Waals surface area contributed by atoms with Crippen molar-refractivity contribution in [2.24, 2.45) is 0 Å². The maximum Gasteiger partial charge on any atom is 0.132 e. The van der Waals surface area contributed by atoms with Gasteiger partial charge in [0, 0.05) is 24.1 Å². The van der Waals surface area contributed by atoms with Crippen LogP contribution in [0, 0.1) is 0 Å². The molecule has 0 fully saturated rings. The topological polar surface area (TPSA) is 34.1 Å². The lowest BCUT2D eigenvalue weighted by molar-refractivity contribution is 0.118. The van der Waals surface area contributed by atoms with Crippen molar-refractivity contribution in [3.8, 4) is 0 Å². The lowest BCUT2D eigenvalue weighted by Crippen LogP contribution is -2.07. The third-order valence-electron chi connectivity index (χ3n) is 3.25. The standard InChI is InChI=1S/C17H24N2O/c1-3-5-11-20-13-15-12-14-8-6-7-9-16(14)19-17(15)18-10-4-2/h6-9,12H,3-5,10-11,13H2,1-2H3,(H,18,19). The van der Waals surface area contributed by atoms with Gasteiger partial charge in [0.1, 0.15) is 5.82 Å². The van der Waals surface area contributed by atoms with Gasteiger partial charge in [0.25, 0.3) is 0 Å². The molecule has 0 aliphatic rings. The van der Waals surface area contributed by atoms with Crippen LogP contribution in [0.2, 0.25) is 0 Å². The molecule has 0 amide bonds. The Labute approximate surface area is 121 Å². The van der Waals surface area contributed by atoms with Gasteiger partial charge in [-0.15, -0.1) is 0 Å². The smallest absolute Gasteiger partial charge is 0.132 e. The first-order chi connectivity index (χ1) is 9.85. The molecule has 0 unspecified atom stereocenters. The molecular weight excluding hydrogens is 248 g/mol. The molecule has 0 spiro atoms. The van der Waals surface area contributed by atoms with Crippen LogP contribution in [0.5, 0.6) is 0 Å². The summed E-state index contributed by atoms with van der Waals surface area (Å²) >= 11 is 0. The molecule has 1 heterocycles. The van der Waals surface area contributed by atoms with Gasteiger partial charge in [-0.25, -0.2) is 4.98 Å². The fraction of sp³-hybridized carbons (Fsp3) is 0.471. The van der Waals surface area contributed by atoms with Crippen molar-refractivity contribution in [1.82, 2.24) is 4.98 Å². The summed E-state index contributed by atoms with van der Waals surface area (Å²) in [6.45, 7) is 6.72. The van der Waals surface area contributed by atoms with E-state index < -0.39 is 0 Å². The zero-order valence-electron chi connectivity index (χ0n) is 12.5. The first-order valence-electron chi connectivity index (χ1n) is 7.55. The molecule has 2 rings (SSSR count). The van der Waals surface area contributed by atoms with Crippen molar-refractivity contribution >= 4 is 16.7 Å². The van der Waals surface area contributed by atoms with Gasteiger partial charge in [-0.2, -0.15) is 0 Å². The minimum atomic E-state index is 0.629. The van der Waals surface area contributed by atoms with Crippen LogP contribution in [0.25, 0.3) is 10.9 Å². The molecule has 0 saturated carbocycles.